The van der Waals surface area contributed by atoms with E-state index in [0.717, 1.165) is 34.1 Å². The van der Waals surface area contributed by atoms with E-state index in [9.17, 15) is 4.79 Å². The molecule has 0 saturated carbocycles. The lowest BCUT2D eigenvalue weighted by Gasteiger charge is -2.11. The number of benzene rings is 2. The van der Waals surface area contributed by atoms with E-state index < -0.39 is 0 Å². The SMILES string of the molecule is CCC(C)c1ccc(-c2cc(C(=O)NN=Cc3ccncc3)c3ccccc3n2)cc1. The minimum atomic E-state index is -0.276. The highest BCUT2D eigenvalue weighted by Gasteiger charge is 2.14. The van der Waals surface area contributed by atoms with Crippen molar-refractivity contribution in [2.75, 3.05) is 0 Å². The van der Waals surface area contributed by atoms with E-state index in [-0.39, 0.29) is 5.91 Å². The van der Waals surface area contributed by atoms with Crippen LogP contribution in [-0.2, 0) is 0 Å². The van der Waals surface area contributed by atoms with Gasteiger partial charge in [0.25, 0.3) is 5.91 Å². The number of para-hydroxylation sites is 1. The third kappa shape index (κ3) is 4.67. The van der Waals surface area contributed by atoms with Crippen LogP contribution in [-0.4, -0.2) is 22.1 Å². The van der Waals surface area contributed by atoms with Gasteiger partial charge in [-0.3, -0.25) is 9.78 Å². The van der Waals surface area contributed by atoms with Crippen LogP contribution in [0.4, 0.5) is 0 Å². The number of amides is 1. The first-order valence-electron chi connectivity index (χ1n) is 10.4. The third-order valence-electron chi connectivity index (χ3n) is 5.43. The summed E-state index contributed by atoms with van der Waals surface area (Å²) in [5.74, 6) is 0.236. The van der Waals surface area contributed by atoms with Gasteiger partial charge in [-0.2, -0.15) is 5.10 Å². The third-order valence-corrected chi connectivity index (χ3v) is 5.43. The van der Waals surface area contributed by atoms with Crippen LogP contribution < -0.4 is 5.43 Å². The van der Waals surface area contributed by atoms with Gasteiger partial charge in [-0.15, -0.1) is 0 Å². The number of carbonyl (C=O) groups excluding carboxylic acids is 1. The Morgan fingerprint density at radius 2 is 1.81 bits per heavy atom. The average Bonchev–Trinajstić information content (AvgIpc) is 2.83. The highest BCUT2D eigenvalue weighted by molar-refractivity contribution is 6.07. The summed E-state index contributed by atoms with van der Waals surface area (Å²) in [4.78, 5) is 21.7. The zero-order valence-corrected chi connectivity index (χ0v) is 17.6. The molecule has 1 N–H and O–H groups in total. The Hall–Kier alpha value is -3.86. The van der Waals surface area contributed by atoms with Crippen molar-refractivity contribution in [3.05, 3.63) is 95.8 Å². The van der Waals surface area contributed by atoms with E-state index in [1.54, 1.807) is 18.6 Å². The van der Waals surface area contributed by atoms with Gasteiger partial charge in [0, 0.05) is 23.3 Å². The molecule has 1 unspecified atom stereocenters. The molecule has 2 aromatic heterocycles. The zero-order valence-electron chi connectivity index (χ0n) is 17.6. The molecule has 4 aromatic rings. The van der Waals surface area contributed by atoms with Gasteiger partial charge in [0.15, 0.2) is 0 Å². The lowest BCUT2D eigenvalue weighted by atomic mass is 9.96. The first-order chi connectivity index (χ1) is 15.2. The summed E-state index contributed by atoms with van der Waals surface area (Å²) in [5, 5.41) is 4.89. The summed E-state index contributed by atoms with van der Waals surface area (Å²) < 4.78 is 0. The maximum Gasteiger partial charge on any atom is 0.272 e. The number of nitrogens with one attached hydrogen (secondary N) is 1. The molecule has 31 heavy (non-hydrogen) atoms. The number of hydrogen-bond donors (Lipinski definition) is 1. The number of nitrogens with zero attached hydrogens (tertiary/aromatic N) is 3. The van der Waals surface area contributed by atoms with Crippen LogP contribution in [0.1, 0.15) is 47.7 Å². The fourth-order valence-electron chi connectivity index (χ4n) is 3.40. The van der Waals surface area contributed by atoms with Crippen molar-refractivity contribution in [1.29, 1.82) is 0 Å². The quantitative estimate of drug-likeness (QED) is 0.335. The molecule has 0 fully saturated rings. The molecule has 1 atom stereocenters. The zero-order chi connectivity index (χ0) is 21.6. The van der Waals surface area contributed by atoms with Gasteiger partial charge < -0.3 is 0 Å². The summed E-state index contributed by atoms with van der Waals surface area (Å²) in [6, 6.07) is 21.5. The molecule has 5 nitrogen and oxygen atoms in total. The van der Waals surface area contributed by atoms with E-state index in [1.165, 1.54) is 5.56 Å². The lowest BCUT2D eigenvalue weighted by molar-refractivity contribution is 0.0956. The molecule has 5 heteroatoms. The van der Waals surface area contributed by atoms with Crippen molar-refractivity contribution >= 4 is 23.0 Å². The second-order valence-electron chi connectivity index (χ2n) is 7.48. The molecule has 1 amide bonds. The summed E-state index contributed by atoms with van der Waals surface area (Å²) in [7, 11) is 0. The van der Waals surface area contributed by atoms with Crippen molar-refractivity contribution in [3.63, 3.8) is 0 Å². The Balaban J connectivity index is 1.66. The molecule has 0 bridgehead atoms. The maximum atomic E-state index is 12.9. The van der Waals surface area contributed by atoms with Gasteiger partial charge >= 0.3 is 0 Å². The van der Waals surface area contributed by atoms with E-state index in [2.05, 4.69) is 53.6 Å². The summed E-state index contributed by atoms with van der Waals surface area (Å²) in [6.07, 6.45) is 6.05. The predicted octanol–water partition coefficient (Wildman–Crippen LogP) is 5.57. The summed E-state index contributed by atoms with van der Waals surface area (Å²) in [6.45, 7) is 4.41. The number of hydrogen-bond acceptors (Lipinski definition) is 4. The summed E-state index contributed by atoms with van der Waals surface area (Å²) in [5.41, 5.74) is 7.85. The summed E-state index contributed by atoms with van der Waals surface area (Å²) >= 11 is 0. The fraction of sp³-hybridized carbons (Fsp3) is 0.154. The molecular formula is C26H24N4O. The monoisotopic (exact) mass is 408 g/mol. The number of fused-ring (bicyclic) bond motifs is 1. The van der Waals surface area contributed by atoms with Crippen molar-refractivity contribution in [3.8, 4) is 11.3 Å². The minimum absolute atomic E-state index is 0.276. The van der Waals surface area contributed by atoms with Crippen LogP contribution in [0.5, 0.6) is 0 Å². The number of carbonyl (C=O) groups is 1. The number of pyridine rings is 2. The molecule has 2 aromatic carbocycles. The van der Waals surface area contributed by atoms with Gasteiger partial charge in [-0.1, -0.05) is 56.3 Å². The first-order valence-corrected chi connectivity index (χ1v) is 10.4. The molecule has 0 saturated heterocycles. The number of aromatic nitrogens is 2. The largest absolute Gasteiger partial charge is 0.272 e. The Labute approximate surface area is 181 Å². The van der Waals surface area contributed by atoms with Gasteiger partial charge in [-0.25, -0.2) is 10.4 Å². The van der Waals surface area contributed by atoms with E-state index in [1.807, 2.05) is 42.5 Å². The molecule has 0 radical (unpaired) electrons. The van der Waals surface area contributed by atoms with E-state index >= 15 is 0 Å². The van der Waals surface area contributed by atoms with E-state index in [0.29, 0.717) is 11.5 Å². The molecule has 0 spiro atoms. The highest BCUT2D eigenvalue weighted by Crippen LogP contribution is 2.27. The smallest absolute Gasteiger partial charge is 0.267 e. The second-order valence-corrected chi connectivity index (χ2v) is 7.48. The van der Waals surface area contributed by atoms with Gasteiger partial charge in [0.2, 0.25) is 0 Å². The van der Waals surface area contributed by atoms with Gasteiger partial charge in [-0.05, 0) is 47.7 Å². The highest BCUT2D eigenvalue weighted by atomic mass is 16.2. The number of hydrazone groups is 1. The van der Waals surface area contributed by atoms with Gasteiger partial charge in [0.1, 0.15) is 0 Å². The standard InChI is InChI=1S/C26H24N4O/c1-3-18(2)20-8-10-21(11-9-20)25-16-23(22-6-4-5-7-24(22)29-25)26(31)30-28-17-19-12-14-27-15-13-19/h4-18H,3H2,1-2H3,(H,30,31). The Morgan fingerprint density at radius 1 is 1.06 bits per heavy atom. The molecule has 0 aliphatic rings. The first kappa shape index (κ1) is 20.4. The predicted molar refractivity (Wildman–Crippen MR) is 125 cm³/mol. The Kier molecular flexibility index (Phi) is 6.13. The van der Waals surface area contributed by atoms with Crippen LogP contribution >= 0.6 is 0 Å². The van der Waals surface area contributed by atoms with Crippen LogP contribution in [0.3, 0.4) is 0 Å². The van der Waals surface area contributed by atoms with Crippen LogP contribution in [0.2, 0.25) is 0 Å². The average molecular weight is 409 g/mol. The molecule has 0 aliphatic carbocycles. The number of rotatable bonds is 6. The molecular weight excluding hydrogens is 384 g/mol. The Bertz CT molecular complexity index is 1220. The second kappa shape index (κ2) is 9.30. The van der Waals surface area contributed by atoms with Gasteiger partial charge in [0.05, 0.1) is 23.0 Å². The normalized spacial score (nSPS) is 12.2. The van der Waals surface area contributed by atoms with Crippen molar-refractivity contribution in [2.24, 2.45) is 5.10 Å². The van der Waals surface area contributed by atoms with Crippen LogP contribution in [0.15, 0.2) is 84.2 Å². The lowest BCUT2D eigenvalue weighted by Crippen LogP contribution is -2.18. The van der Waals surface area contributed by atoms with Crippen LogP contribution in [0, 0.1) is 0 Å². The molecule has 154 valence electrons. The van der Waals surface area contributed by atoms with Crippen molar-refractivity contribution < 1.29 is 4.79 Å². The maximum absolute atomic E-state index is 12.9. The van der Waals surface area contributed by atoms with Crippen LogP contribution in [0.25, 0.3) is 22.2 Å². The van der Waals surface area contributed by atoms with Crippen molar-refractivity contribution in [2.45, 2.75) is 26.2 Å². The minimum Gasteiger partial charge on any atom is -0.267 e. The van der Waals surface area contributed by atoms with Crippen molar-refractivity contribution in [1.82, 2.24) is 15.4 Å². The fourth-order valence-corrected chi connectivity index (χ4v) is 3.40. The molecule has 2 heterocycles. The van der Waals surface area contributed by atoms with E-state index in [4.69, 9.17) is 4.98 Å². The molecule has 0 aliphatic heterocycles. The Morgan fingerprint density at radius 3 is 2.55 bits per heavy atom. The molecule has 4 rings (SSSR count). The topological polar surface area (TPSA) is 67.2 Å².